The Bertz CT molecular complexity index is 216. The molecule has 0 aromatic carbocycles. The van der Waals surface area contributed by atoms with Crippen LogP contribution in [0.15, 0.2) is 12.2 Å². The molecule has 2 rings (SSSR count). The molecule has 2 heterocycles. The second kappa shape index (κ2) is 4.40. The Labute approximate surface area is 83.1 Å². The molecule has 0 radical (unpaired) electrons. The van der Waals surface area contributed by atoms with E-state index in [9.17, 15) is 5.11 Å². The molecule has 2 aliphatic heterocycles. The van der Waals surface area contributed by atoms with Gasteiger partial charge in [-0.25, -0.2) is 0 Å². The van der Waals surface area contributed by atoms with E-state index >= 15 is 0 Å². The molecule has 2 N–H and O–H groups in total. The van der Waals surface area contributed by atoms with Gasteiger partial charge in [-0.3, -0.25) is 0 Å². The molecule has 4 nitrogen and oxygen atoms in total. The van der Waals surface area contributed by atoms with Crippen LogP contribution in [0.4, 0.5) is 0 Å². The van der Waals surface area contributed by atoms with E-state index in [4.69, 9.17) is 14.6 Å². The second-order valence-corrected chi connectivity index (χ2v) is 3.74. The standard InChI is InChI=1S/C10H16O4/c11-6-5-7-1-2-9-8(13-7)3-4-10(12)14-9/h1-2,7-12H,3-6H2/t7?,8-,9?,10-/m0/s1. The average Bonchev–Trinajstić information content (AvgIpc) is 2.19. The third-order valence-electron chi connectivity index (χ3n) is 2.66. The summed E-state index contributed by atoms with van der Waals surface area (Å²) >= 11 is 0. The van der Waals surface area contributed by atoms with Gasteiger partial charge in [-0.1, -0.05) is 12.2 Å². The van der Waals surface area contributed by atoms with Crippen molar-refractivity contribution in [3.8, 4) is 0 Å². The Morgan fingerprint density at radius 1 is 1.21 bits per heavy atom. The fraction of sp³-hybridized carbons (Fsp3) is 0.800. The number of hydrogen-bond acceptors (Lipinski definition) is 4. The number of ether oxygens (including phenoxy) is 2. The Morgan fingerprint density at radius 2 is 2.07 bits per heavy atom. The zero-order valence-electron chi connectivity index (χ0n) is 8.00. The number of hydrogen-bond donors (Lipinski definition) is 2. The molecule has 1 saturated heterocycles. The minimum absolute atomic E-state index is 0.0000860. The van der Waals surface area contributed by atoms with Crippen molar-refractivity contribution >= 4 is 0 Å². The molecule has 80 valence electrons. The molecule has 0 aliphatic carbocycles. The van der Waals surface area contributed by atoms with E-state index in [-0.39, 0.29) is 24.9 Å². The largest absolute Gasteiger partial charge is 0.396 e. The highest BCUT2D eigenvalue weighted by molar-refractivity contribution is 5.04. The van der Waals surface area contributed by atoms with Gasteiger partial charge in [0.15, 0.2) is 6.29 Å². The van der Waals surface area contributed by atoms with Crippen LogP contribution in [0.1, 0.15) is 19.3 Å². The van der Waals surface area contributed by atoms with E-state index in [1.165, 1.54) is 0 Å². The van der Waals surface area contributed by atoms with Crippen molar-refractivity contribution in [1.82, 2.24) is 0 Å². The van der Waals surface area contributed by atoms with Gasteiger partial charge in [-0.05, 0) is 6.42 Å². The van der Waals surface area contributed by atoms with Crippen LogP contribution >= 0.6 is 0 Å². The summed E-state index contributed by atoms with van der Waals surface area (Å²) in [5.41, 5.74) is 0. The van der Waals surface area contributed by atoms with Crippen LogP contribution in [0.2, 0.25) is 0 Å². The fourth-order valence-electron chi connectivity index (χ4n) is 1.92. The van der Waals surface area contributed by atoms with Gasteiger partial charge in [0.2, 0.25) is 0 Å². The molecule has 0 spiro atoms. The minimum Gasteiger partial charge on any atom is -0.396 e. The van der Waals surface area contributed by atoms with Crippen LogP contribution < -0.4 is 0 Å². The van der Waals surface area contributed by atoms with E-state index in [0.29, 0.717) is 12.8 Å². The van der Waals surface area contributed by atoms with Crippen LogP contribution in [-0.4, -0.2) is 41.4 Å². The highest BCUT2D eigenvalue weighted by Gasteiger charge is 2.33. The third kappa shape index (κ3) is 2.15. The maximum absolute atomic E-state index is 9.27. The lowest BCUT2D eigenvalue weighted by Gasteiger charge is -2.37. The molecular formula is C10H16O4. The van der Waals surface area contributed by atoms with Crippen molar-refractivity contribution in [2.45, 2.75) is 43.9 Å². The van der Waals surface area contributed by atoms with Crippen LogP contribution in [-0.2, 0) is 9.47 Å². The Balaban J connectivity index is 1.95. The maximum Gasteiger partial charge on any atom is 0.155 e. The zero-order chi connectivity index (χ0) is 9.97. The topological polar surface area (TPSA) is 58.9 Å². The molecule has 0 bridgehead atoms. The van der Waals surface area contributed by atoms with Crippen molar-refractivity contribution in [1.29, 1.82) is 0 Å². The third-order valence-corrected chi connectivity index (χ3v) is 2.66. The maximum atomic E-state index is 9.27. The lowest BCUT2D eigenvalue weighted by atomic mass is 10.00. The summed E-state index contributed by atoms with van der Waals surface area (Å²) < 4.78 is 11.0. The van der Waals surface area contributed by atoms with Gasteiger partial charge in [0, 0.05) is 19.4 Å². The van der Waals surface area contributed by atoms with Crippen molar-refractivity contribution in [2.24, 2.45) is 0 Å². The molecule has 0 amide bonds. The first-order chi connectivity index (χ1) is 6.79. The Hall–Kier alpha value is -0.420. The number of fused-ring (bicyclic) bond motifs is 1. The normalized spacial score (nSPS) is 42.1. The summed E-state index contributed by atoms with van der Waals surface area (Å²) in [6, 6.07) is 0. The van der Waals surface area contributed by atoms with Crippen LogP contribution in [0, 0.1) is 0 Å². The summed E-state index contributed by atoms with van der Waals surface area (Å²) in [4.78, 5) is 0. The lowest BCUT2D eigenvalue weighted by Crippen LogP contribution is -2.43. The predicted octanol–water partition coefficient (Wildman–Crippen LogP) is 0.190. The quantitative estimate of drug-likeness (QED) is 0.625. The fourth-order valence-corrected chi connectivity index (χ4v) is 1.92. The Kier molecular flexibility index (Phi) is 3.18. The van der Waals surface area contributed by atoms with Crippen molar-refractivity contribution in [3.63, 3.8) is 0 Å². The second-order valence-electron chi connectivity index (χ2n) is 3.74. The van der Waals surface area contributed by atoms with Gasteiger partial charge in [0.25, 0.3) is 0 Å². The highest BCUT2D eigenvalue weighted by Crippen LogP contribution is 2.27. The van der Waals surface area contributed by atoms with Crippen LogP contribution in [0.5, 0.6) is 0 Å². The first-order valence-electron chi connectivity index (χ1n) is 5.08. The summed E-state index contributed by atoms with van der Waals surface area (Å²) in [6.07, 6.45) is 5.17. The lowest BCUT2D eigenvalue weighted by molar-refractivity contribution is -0.205. The first-order valence-corrected chi connectivity index (χ1v) is 5.08. The van der Waals surface area contributed by atoms with E-state index in [1.807, 2.05) is 12.2 Å². The van der Waals surface area contributed by atoms with Crippen LogP contribution in [0.3, 0.4) is 0 Å². The predicted molar refractivity (Wildman–Crippen MR) is 49.6 cm³/mol. The van der Waals surface area contributed by atoms with Crippen LogP contribution in [0.25, 0.3) is 0 Å². The molecule has 0 aromatic rings. The first kappa shape index (κ1) is 10.1. The number of rotatable bonds is 2. The number of aliphatic hydroxyl groups excluding tert-OH is 2. The van der Waals surface area contributed by atoms with Gasteiger partial charge in [0.1, 0.15) is 6.10 Å². The van der Waals surface area contributed by atoms with Gasteiger partial charge in [-0.2, -0.15) is 0 Å². The van der Waals surface area contributed by atoms with Gasteiger partial charge in [-0.15, -0.1) is 0 Å². The zero-order valence-corrected chi connectivity index (χ0v) is 8.00. The molecule has 0 saturated carbocycles. The minimum atomic E-state index is -0.654. The molecule has 14 heavy (non-hydrogen) atoms. The molecule has 0 aromatic heterocycles. The monoisotopic (exact) mass is 200 g/mol. The average molecular weight is 200 g/mol. The molecule has 4 heteroatoms. The van der Waals surface area contributed by atoms with Crippen molar-refractivity contribution in [3.05, 3.63) is 12.2 Å². The van der Waals surface area contributed by atoms with E-state index in [0.717, 1.165) is 6.42 Å². The summed E-state index contributed by atoms with van der Waals surface area (Å²) in [5, 5.41) is 18.0. The van der Waals surface area contributed by atoms with Gasteiger partial charge >= 0.3 is 0 Å². The summed E-state index contributed by atoms with van der Waals surface area (Å²) in [6.45, 7) is 0.135. The van der Waals surface area contributed by atoms with Crippen molar-refractivity contribution in [2.75, 3.05) is 6.61 Å². The van der Waals surface area contributed by atoms with Gasteiger partial charge in [0.05, 0.1) is 12.2 Å². The molecule has 2 aliphatic rings. The molecule has 1 fully saturated rings. The number of aliphatic hydroxyl groups is 2. The smallest absolute Gasteiger partial charge is 0.155 e. The van der Waals surface area contributed by atoms with Gasteiger partial charge < -0.3 is 19.7 Å². The van der Waals surface area contributed by atoms with E-state index in [2.05, 4.69) is 0 Å². The molecule has 4 atom stereocenters. The summed E-state index contributed by atoms with van der Waals surface area (Å²) in [7, 11) is 0. The van der Waals surface area contributed by atoms with E-state index < -0.39 is 6.29 Å². The molecular weight excluding hydrogens is 184 g/mol. The van der Waals surface area contributed by atoms with E-state index in [1.54, 1.807) is 0 Å². The Morgan fingerprint density at radius 3 is 2.86 bits per heavy atom. The highest BCUT2D eigenvalue weighted by atomic mass is 16.6. The summed E-state index contributed by atoms with van der Waals surface area (Å²) in [5.74, 6) is 0. The SMILES string of the molecule is OCCC1C=CC2O[C@H](O)CC[C@@H]2O1. The molecule has 2 unspecified atom stereocenters. The van der Waals surface area contributed by atoms with Crippen molar-refractivity contribution < 1.29 is 19.7 Å².